The van der Waals surface area contributed by atoms with E-state index in [2.05, 4.69) is 5.73 Å². The standard InChI is InChI=1S/C11H14NO4P/c12-6-17(15,16)9-5-7-3-1-2-4-8(7)10(9)11(13)14/h1-4,9-10H,5-6,12H2,(H,13,14)(H,15,16)/t9-,10+/m1/s1. The number of carbonyl (C=O) groups is 1. The molecule has 0 fully saturated rings. The van der Waals surface area contributed by atoms with Gasteiger partial charge in [0.1, 0.15) is 0 Å². The van der Waals surface area contributed by atoms with Crippen molar-refractivity contribution in [3.63, 3.8) is 0 Å². The SMILES string of the molecule is [NH3+]CP(=O)(O)[C@@H]1Cc2ccccc2[C@@H]1C(=O)[O-]. The van der Waals surface area contributed by atoms with E-state index in [-0.39, 0.29) is 6.29 Å². The van der Waals surface area contributed by atoms with Crippen molar-refractivity contribution in [1.82, 2.24) is 0 Å². The molecule has 0 saturated heterocycles. The Hall–Kier alpha value is -1.16. The van der Waals surface area contributed by atoms with Crippen LogP contribution >= 0.6 is 7.37 Å². The molecule has 6 heteroatoms. The quantitative estimate of drug-likeness (QED) is 0.670. The van der Waals surface area contributed by atoms with Gasteiger partial charge >= 0.3 is 0 Å². The van der Waals surface area contributed by atoms with Crippen LogP contribution in [0.4, 0.5) is 0 Å². The molecule has 0 heterocycles. The van der Waals surface area contributed by atoms with E-state index in [1.807, 2.05) is 0 Å². The minimum Gasteiger partial charge on any atom is -0.549 e. The van der Waals surface area contributed by atoms with Crippen molar-refractivity contribution >= 4 is 13.3 Å². The van der Waals surface area contributed by atoms with Crippen molar-refractivity contribution < 1.29 is 25.1 Å². The average Bonchev–Trinajstić information content (AvgIpc) is 2.68. The molecule has 2 rings (SSSR count). The fourth-order valence-electron chi connectivity index (χ4n) is 2.40. The van der Waals surface area contributed by atoms with E-state index in [0.29, 0.717) is 12.0 Å². The molecule has 0 bridgehead atoms. The third-order valence-electron chi connectivity index (χ3n) is 3.30. The fraction of sp³-hybridized carbons (Fsp3) is 0.364. The highest BCUT2D eigenvalue weighted by atomic mass is 31.2. The lowest BCUT2D eigenvalue weighted by Crippen LogP contribution is -2.51. The summed E-state index contributed by atoms with van der Waals surface area (Å²) in [5.41, 5.74) is 4.04. The average molecular weight is 255 g/mol. The molecule has 0 aliphatic heterocycles. The van der Waals surface area contributed by atoms with Crippen LogP contribution in [0.25, 0.3) is 0 Å². The number of aliphatic carboxylic acids is 1. The number of hydrogen-bond donors (Lipinski definition) is 2. The van der Waals surface area contributed by atoms with Gasteiger partial charge in [0, 0.05) is 11.9 Å². The summed E-state index contributed by atoms with van der Waals surface area (Å²) in [6.45, 7) is 0. The molecule has 1 unspecified atom stereocenters. The first-order valence-corrected chi connectivity index (χ1v) is 7.28. The molecule has 1 aromatic carbocycles. The van der Waals surface area contributed by atoms with Gasteiger partial charge in [0.05, 0.1) is 5.66 Å². The summed E-state index contributed by atoms with van der Waals surface area (Å²) in [6, 6.07) is 6.98. The van der Waals surface area contributed by atoms with Gasteiger partial charge in [-0.25, -0.2) is 0 Å². The molecule has 4 N–H and O–H groups in total. The number of carboxylic acids is 1. The molecule has 1 aliphatic carbocycles. The van der Waals surface area contributed by atoms with E-state index < -0.39 is 24.9 Å². The lowest BCUT2D eigenvalue weighted by molar-refractivity contribution is -0.343. The zero-order valence-electron chi connectivity index (χ0n) is 9.20. The Bertz CT molecular complexity index is 502. The summed E-state index contributed by atoms with van der Waals surface area (Å²) in [7, 11) is -3.55. The maximum atomic E-state index is 12.0. The summed E-state index contributed by atoms with van der Waals surface area (Å²) >= 11 is 0. The molecular formula is C11H14NO4P. The largest absolute Gasteiger partial charge is 0.549 e. The molecule has 1 aliphatic rings. The summed E-state index contributed by atoms with van der Waals surface area (Å²) in [6.07, 6.45) is 0.146. The Morgan fingerprint density at radius 3 is 2.76 bits per heavy atom. The van der Waals surface area contributed by atoms with Gasteiger partial charge < -0.3 is 20.5 Å². The zero-order valence-corrected chi connectivity index (χ0v) is 10.1. The Kier molecular flexibility index (Phi) is 3.08. The molecule has 3 atom stereocenters. The van der Waals surface area contributed by atoms with E-state index in [9.17, 15) is 19.4 Å². The number of carboxylic acid groups (broad SMARTS) is 1. The highest BCUT2D eigenvalue weighted by molar-refractivity contribution is 7.58. The number of quaternary nitrogens is 1. The van der Waals surface area contributed by atoms with Gasteiger partial charge in [-0.15, -0.1) is 0 Å². The molecule has 0 aromatic heterocycles. The van der Waals surface area contributed by atoms with Crippen molar-refractivity contribution in [3.8, 4) is 0 Å². The lowest BCUT2D eigenvalue weighted by atomic mass is 10.0. The second-order valence-electron chi connectivity index (χ2n) is 4.25. The summed E-state index contributed by atoms with van der Waals surface area (Å²) in [5.74, 6) is -2.29. The summed E-state index contributed by atoms with van der Waals surface area (Å²) in [5, 5.41) is 11.2. The number of hydrogen-bond acceptors (Lipinski definition) is 3. The van der Waals surface area contributed by atoms with Crippen LogP contribution in [0.5, 0.6) is 0 Å². The van der Waals surface area contributed by atoms with Crippen LogP contribution in [0.3, 0.4) is 0 Å². The molecular weight excluding hydrogens is 241 g/mol. The molecule has 17 heavy (non-hydrogen) atoms. The lowest BCUT2D eigenvalue weighted by Gasteiger charge is -2.23. The first-order chi connectivity index (χ1) is 7.97. The maximum absolute atomic E-state index is 12.0. The molecule has 0 spiro atoms. The zero-order chi connectivity index (χ0) is 12.6. The first kappa shape index (κ1) is 12.3. The third kappa shape index (κ3) is 2.02. The third-order valence-corrected chi connectivity index (χ3v) is 5.45. The van der Waals surface area contributed by atoms with Gasteiger partial charge in [0.2, 0.25) is 0 Å². The van der Waals surface area contributed by atoms with Crippen molar-refractivity contribution in [2.75, 3.05) is 6.29 Å². The Morgan fingerprint density at radius 2 is 2.18 bits per heavy atom. The van der Waals surface area contributed by atoms with Crippen molar-refractivity contribution in [3.05, 3.63) is 35.4 Å². The summed E-state index contributed by atoms with van der Waals surface area (Å²) < 4.78 is 12.0. The minimum absolute atomic E-state index is 0.157. The normalized spacial score (nSPS) is 26.2. The summed E-state index contributed by atoms with van der Waals surface area (Å²) in [4.78, 5) is 21.0. The highest BCUT2D eigenvalue weighted by Gasteiger charge is 2.44. The number of fused-ring (bicyclic) bond motifs is 1. The van der Waals surface area contributed by atoms with Crippen LogP contribution in [0, 0.1) is 0 Å². The maximum Gasteiger partial charge on any atom is 0.257 e. The van der Waals surface area contributed by atoms with E-state index in [1.54, 1.807) is 24.3 Å². The van der Waals surface area contributed by atoms with Gasteiger partial charge in [0.15, 0.2) is 6.29 Å². The molecule has 0 saturated carbocycles. The van der Waals surface area contributed by atoms with Gasteiger partial charge in [-0.1, -0.05) is 24.3 Å². The van der Waals surface area contributed by atoms with Crippen LogP contribution in [0.2, 0.25) is 0 Å². The number of rotatable bonds is 3. The Balaban J connectivity index is 2.47. The second-order valence-corrected chi connectivity index (χ2v) is 6.87. The van der Waals surface area contributed by atoms with E-state index in [0.717, 1.165) is 5.56 Å². The molecule has 92 valence electrons. The predicted molar refractivity (Wildman–Crippen MR) is 59.3 cm³/mol. The highest BCUT2D eigenvalue weighted by Crippen LogP contribution is 2.54. The van der Waals surface area contributed by atoms with E-state index in [1.165, 1.54) is 0 Å². The van der Waals surface area contributed by atoms with E-state index >= 15 is 0 Å². The Morgan fingerprint density at radius 1 is 1.53 bits per heavy atom. The monoisotopic (exact) mass is 255 g/mol. The molecule has 0 radical (unpaired) electrons. The van der Waals surface area contributed by atoms with Crippen molar-refractivity contribution in [2.45, 2.75) is 18.0 Å². The van der Waals surface area contributed by atoms with Crippen LogP contribution in [-0.2, 0) is 15.8 Å². The fourth-order valence-corrected chi connectivity index (χ4v) is 3.96. The number of carbonyl (C=O) groups excluding carboxylic acids is 1. The number of benzene rings is 1. The second kappa shape index (κ2) is 4.26. The molecule has 1 aromatic rings. The van der Waals surface area contributed by atoms with Gasteiger partial charge in [-0.05, 0) is 17.5 Å². The van der Waals surface area contributed by atoms with Crippen LogP contribution in [0.1, 0.15) is 17.0 Å². The van der Waals surface area contributed by atoms with Gasteiger partial charge in [-0.3, -0.25) is 4.57 Å². The van der Waals surface area contributed by atoms with Crippen LogP contribution in [0.15, 0.2) is 24.3 Å². The molecule has 5 nitrogen and oxygen atoms in total. The van der Waals surface area contributed by atoms with Gasteiger partial charge in [0.25, 0.3) is 7.37 Å². The Labute approximate surface area is 98.7 Å². The first-order valence-electron chi connectivity index (χ1n) is 5.37. The van der Waals surface area contributed by atoms with Gasteiger partial charge in [-0.2, -0.15) is 0 Å². The minimum atomic E-state index is -3.55. The van der Waals surface area contributed by atoms with Crippen LogP contribution in [-0.4, -0.2) is 22.8 Å². The van der Waals surface area contributed by atoms with E-state index in [4.69, 9.17) is 0 Å². The smallest absolute Gasteiger partial charge is 0.257 e. The molecule has 0 amide bonds. The van der Waals surface area contributed by atoms with Crippen LogP contribution < -0.4 is 10.8 Å². The van der Waals surface area contributed by atoms with Crippen molar-refractivity contribution in [1.29, 1.82) is 0 Å². The van der Waals surface area contributed by atoms with Crippen molar-refractivity contribution in [2.24, 2.45) is 0 Å². The predicted octanol–water partition coefficient (Wildman–Crippen LogP) is -1.09. The topological polar surface area (TPSA) is 105 Å².